The molecule has 3 aromatic rings. The summed E-state index contributed by atoms with van der Waals surface area (Å²) in [6.07, 6.45) is -0.324. The number of rotatable bonds is 9. The van der Waals surface area contributed by atoms with Crippen molar-refractivity contribution in [2.75, 3.05) is 18.2 Å². The summed E-state index contributed by atoms with van der Waals surface area (Å²) in [6.45, 7) is 6.01. The first kappa shape index (κ1) is 23.0. The van der Waals surface area contributed by atoms with Crippen LogP contribution in [-0.4, -0.2) is 33.5 Å². The summed E-state index contributed by atoms with van der Waals surface area (Å²) < 4.78 is 13.2. The van der Waals surface area contributed by atoms with E-state index in [4.69, 9.17) is 21.1 Å². The van der Waals surface area contributed by atoms with Crippen molar-refractivity contribution in [2.45, 2.75) is 38.1 Å². The Bertz CT molecular complexity index is 1020. The van der Waals surface area contributed by atoms with Gasteiger partial charge < -0.3 is 19.4 Å². The summed E-state index contributed by atoms with van der Waals surface area (Å²) in [6, 6.07) is 14.6. The zero-order chi connectivity index (χ0) is 22.4. The van der Waals surface area contributed by atoms with E-state index >= 15 is 0 Å². The number of methoxy groups -OCH3 is 1. The Morgan fingerprint density at radius 2 is 1.77 bits per heavy atom. The quantitative estimate of drug-likeness (QED) is 0.431. The summed E-state index contributed by atoms with van der Waals surface area (Å²) in [5, 5.41) is 12.6. The average molecular weight is 461 g/mol. The molecule has 1 aromatic heterocycles. The van der Waals surface area contributed by atoms with Crippen LogP contribution in [-0.2, 0) is 4.79 Å². The molecular formula is C22H25ClN4O3S. The van der Waals surface area contributed by atoms with Gasteiger partial charge in [-0.1, -0.05) is 35.5 Å². The first-order valence-electron chi connectivity index (χ1n) is 9.81. The van der Waals surface area contributed by atoms with E-state index in [1.807, 2.05) is 61.7 Å². The molecule has 0 spiro atoms. The summed E-state index contributed by atoms with van der Waals surface area (Å²) in [5.74, 6) is 2.18. The topological polar surface area (TPSA) is 78.3 Å². The third-order valence-corrected chi connectivity index (χ3v) is 5.70. The van der Waals surface area contributed by atoms with E-state index in [9.17, 15) is 4.79 Å². The van der Waals surface area contributed by atoms with Gasteiger partial charge in [0.1, 0.15) is 11.5 Å². The molecule has 31 heavy (non-hydrogen) atoms. The van der Waals surface area contributed by atoms with Crippen molar-refractivity contribution in [1.82, 2.24) is 14.8 Å². The Labute approximate surface area is 191 Å². The van der Waals surface area contributed by atoms with Gasteiger partial charge in [0.25, 0.3) is 0 Å². The van der Waals surface area contributed by atoms with Gasteiger partial charge in [-0.15, -0.1) is 10.2 Å². The number of aromatic nitrogens is 3. The van der Waals surface area contributed by atoms with Crippen LogP contribution in [0.4, 0.5) is 5.69 Å². The number of nitrogens with zero attached hydrogens (tertiary/aromatic N) is 3. The van der Waals surface area contributed by atoms with E-state index in [2.05, 4.69) is 15.5 Å². The van der Waals surface area contributed by atoms with Gasteiger partial charge in [0.2, 0.25) is 5.91 Å². The molecule has 3 rings (SSSR count). The molecule has 0 saturated carbocycles. The molecule has 0 radical (unpaired) electrons. The number of para-hydroxylation sites is 1. The molecule has 1 atom stereocenters. The zero-order valence-corrected chi connectivity index (χ0v) is 19.4. The molecule has 1 heterocycles. The summed E-state index contributed by atoms with van der Waals surface area (Å²) >= 11 is 7.43. The summed E-state index contributed by atoms with van der Waals surface area (Å²) in [4.78, 5) is 12.4. The van der Waals surface area contributed by atoms with Crippen LogP contribution < -0.4 is 14.8 Å². The van der Waals surface area contributed by atoms with Crippen LogP contribution in [0.5, 0.6) is 11.5 Å². The zero-order valence-electron chi connectivity index (χ0n) is 17.8. The number of carbonyl (C=O) groups is 1. The van der Waals surface area contributed by atoms with Gasteiger partial charge >= 0.3 is 0 Å². The molecule has 1 amide bonds. The normalized spacial score (nSPS) is 11.9. The second-order valence-corrected chi connectivity index (χ2v) is 8.41. The van der Waals surface area contributed by atoms with Crippen molar-refractivity contribution in [2.24, 2.45) is 0 Å². The molecule has 164 valence electrons. The van der Waals surface area contributed by atoms with Crippen LogP contribution >= 0.6 is 23.4 Å². The lowest BCUT2D eigenvalue weighted by molar-refractivity contribution is -0.113. The Morgan fingerprint density at radius 1 is 1.10 bits per heavy atom. The first-order valence-corrected chi connectivity index (χ1v) is 11.2. The summed E-state index contributed by atoms with van der Waals surface area (Å²) in [7, 11) is 1.62. The highest BCUT2D eigenvalue weighted by atomic mass is 35.5. The van der Waals surface area contributed by atoms with Crippen molar-refractivity contribution in [3.63, 3.8) is 0 Å². The van der Waals surface area contributed by atoms with Crippen molar-refractivity contribution >= 4 is 35.0 Å². The van der Waals surface area contributed by atoms with Crippen molar-refractivity contribution in [3.05, 3.63) is 59.4 Å². The van der Waals surface area contributed by atoms with E-state index < -0.39 is 0 Å². The van der Waals surface area contributed by atoms with Crippen LogP contribution in [0.1, 0.15) is 38.7 Å². The molecular weight excluding hydrogens is 436 g/mol. The number of amides is 1. The fourth-order valence-corrected chi connectivity index (χ4v) is 4.00. The van der Waals surface area contributed by atoms with E-state index in [-0.39, 0.29) is 23.8 Å². The van der Waals surface area contributed by atoms with Crippen molar-refractivity contribution in [1.29, 1.82) is 0 Å². The minimum absolute atomic E-state index is 0.0982. The van der Waals surface area contributed by atoms with Crippen LogP contribution in [0.15, 0.2) is 53.7 Å². The maximum atomic E-state index is 12.4. The molecule has 0 fully saturated rings. The largest absolute Gasteiger partial charge is 0.497 e. The molecule has 9 heteroatoms. The van der Waals surface area contributed by atoms with E-state index in [1.54, 1.807) is 19.2 Å². The third-order valence-electron chi connectivity index (χ3n) is 4.42. The van der Waals surface area contributed by atoms with Crippen LogP contribution in [0, 0.1) is 0 Å². The molecule has 0 bridgehead atoms. The maximum absolute atomic E-state index is 12.4. The number of carbonyl (C=O) groups excluding carboxylic acids is 1. The highest BCUT2D eigenvalue weighted by Crippen LogP contribution is 2.28. The molecule has 0 aliphatic carbocycles. The number of nitrogens with one attached hydrogen (secondary N) is 1. The standard InChI is InChI=1S/C22H25ClN4O3S/c1-14(2)27-21(15(3)30-17-11-9-16(29-4)10-12-17)25-26-22(27)31-13-20(28)24-19-8-6-5-7-18(19)23/h5-12,14-15H,13H2,1-4H3,(H,24,28). The number of benzene rings is 2. The lowest BCUT2D eigenvalue weighted by atomic mass is 10.3. The summed E-state index contributed by atoms with van der Waals surface area (Å²) in [5.41, 5.74) is 0.585. The molecule has 1 unspecified atom stereocenters. The SMILES string of the molecule is COc1ccc(OC(C)c2nnc(SCC(=O)Nc3ccccc3Cl)n2C(C)C)cc1. The van der Waals surface area contributed by atoms with Gasteiger partial charge in [-0.25, -0.2) is 0 Å². The number of ether oxygens (including phenoxy) is 2. The Morgan fingerprint density at radius 3 is 2.42 bits per heavy atom. The van der Waals surface area contributed by atoms with E-state index in [1.165, 1.54) is 11.8 Å². The van der Waals surface area contributed by atoms with Gasteiger partial charge in [-0.05, 0) is 57.2 Å². The monoisotopic (exact) mass is 460 g/mol. The Balaban J connectivity index is 1.67. The second-order valence-electron chi connectivity index (χ2n) is 7.06. The van der Waals surface area contributed by atoms with Crippen LogP contribution in [0.25, 0.3) is 0 Å². The lowest BCUT2D eigenvalue weighted by Crippen LogP contribution is -2.16. The minimum atomic E-state index is -0.324. The molecule has 0 aliphatic rings. The fourth-order valence-electron chi connectivity index (χ4n) is 2.94. The highest BCUT2D eigenvalue weighted by molar-refractivity contribution is 7.99. The number of hydrogen-bond donors (Lipinski definition) is 1. The van der Waals surface area contributed by atoms with Gasteiger partial charge in [0.05, 0.1) is 23.6 Å². The van der Waals surface area contributed by atoms with Gasteiger partial charge in [0, 0.05) is 6.04 Å². The maximum Gasteiger partial charge on any atom is 0.234 e. The molecule has 7 nitrogen and oxygen atoms in total. The van der Waals surface area contributed by atoms with E-state index in [0.717, 1.165) is 5.75 Å². The van der Waals surface area contributed by atoms with Gasteiger partial charge in [0.15, 0.2) is 17.1 Å². The van der Waals surface area contributed by atoms with Crippen LogP contribution in [0.3, 0.4) is 0 Å². The highest BCUT2D eigenvalue weighted by Gasteiger charge is 2.22. The number of thioether (sulfide) groups is 1. The number of anilines is 1. The van der Waals surface area contributed by atoms with E-state index in [0.29, 0.717) is 27.4 Å². The van der Waals surface area contributed by atoms with Gasteiger partial charge in [-0.3, -0.25) is 4.79 Å². The molecule has 0 aliphatic heterocycles. The predicted octanol–water partition coefficient (Wildman–Crippen LogP) is 5.39. The van der Waals surface area contributed by atoms with Crippen molar-refractivity contribution < 1.29 is 14.3 Å². The van der Waals surface area contributed by atoms with Crippen molar-refractivity contribution in [3.8, 4) is 11.5 Å². The van der Waals surface area contributed by atoms with Crippen LogP contribution in [0.2, 0.25) is 5.02 Å². The predicted molar refractivity (Wildman–Crippen MR) is 123 cm³/mol. The molecule has 0 saturated heterocycles. The molecule has 2 aromatic carbocycles. The fraction of sp³-hybridized carbons (Fsp3) is 0.318. The third kappa shape index (κ3) is 5.92. The lowest BCUT2D eigenvalue weighted by Gasteiger charge is -2.19. The molecule has 1 N–H and O–H groups in total. The second kappa shape index (κ2) is 10.5. The number of hydrogen-bond acceptors (Lipinski definition) is 6. The average Bonchev–Trinajstić information content (AvgIpc) is 3.19. The first-order chi connectivity index (χ1) is 14.9. The van der Waals surface area contributed by atoms with Gasteiger partial charge in [-0.2, -0.15) is 0 Å². The minimum Gasteiger partial charge on any atom is -0.497 e. The number of halogens is 1. The Kier molecular flexibility index (Phi) is 7.81. The smallest absolute Gasteiger partial charge is 0.234 e. The Hall–Kier alpha value is -2.71.